The number of aromatic nitrogens is 2. The van der Waals surface area contributed by atoms with Gasteiger partial charge < -0.3 is 14.4 Å². The third-order valence-corrected chi connectivity index (χ3v) is 3.79. The van der Waals surface area contributed by atoms with Crippen LogP contribution in [0.1, 0.15) is 18.8 Å². The first kappa shape index (κ1) is 15.3. The van der Waals surface area contributed by atoms with E-state index in [4.69, 9.17) is 4.42 Å². The number of aryl methyl sites for hydroxylation is 2. The average Bonchev–Trinajstić information content (AvgIpc) is 3.09. The van der Waals surface area contributed by atoms with Crippen molar-refractivity contribution in [3.8, 4) is 0 Å². The molecule has 3 nitrogen and oxygen atoms in total. The fraction of sp³-hybridized carbons (Fsp3) is 0.200. The van der Waals surface area contributed by atoms with Crippen molar-refractivity contribution in [1.29, 1.82) is 0 Å². The van der Waals surface area contributed by atoms with Crippen molar-refractivity contribution in [2.24, 2.45) is 0 Å². The van der Waals surface area contributed by atoms with Crippen LogP contribution in [0.4, 0.5) is 8.78 Å². The fourth-order valence-electron chi connectivity index (χ4n) is 2.02. The summed E-state index contributed by atoms with van der Waals surface area (Å²) in [4.78, 5) is 5.78. The van der Waals surface area contributed by atoms with Gasteiger partial charge >= 0.3 is 0 Å². The molecule has 6 heteroatoms. The van der Waals surface area contributed by atoms with Gasteiger partial charge in [-0.1, -0.05) is 7.43 Å². The van der Waals surface area contributed by atoms with E-state index in [1.807, 2.05) is 19.9 Å². The van der Waals surface area contributed by atoms with E-state index < -0.39 is 0 Å². The molecule has 4 aromatic rings. The normalized spacial score (nSPS) is 10.5. The third-order valence-electron chi connectivity index (χ3n) is 2.89. The lowest BCUT2D eigenvalue weighted by atomic mass is 10.4. The number of hydrogen-bond donors (Lipinski definition) is 2. The van der Waals surface area contributed by atoms with Gasteiger partial charge in [0.2, 0.25) is 0 Å². The number of thiophene rings is 1. The fourth-order valence-corrected chi connectivity index (χ4v) is 2.88. The summed E-state index contributed by atoms with van der Waals surface area (Å²) in [5.74, 6) is -0.476. The maximum Gasteiger partial charge on any atom is 0.185 e. The number of H-pyrrole nitrogens is 2. The largest absolute Gasteiger partial charge is 0.459 e. The first-order valence-electron chi connectivity index (χ1n) is 5.99. The first-order valence-corrected chi connectivity index (χ1v) is 6.87. The molecule has 0 unspecified atom stereocenters. The van der Waals surface area contributed by atoms with Crippen LogP contribution in [0.3, 0.4) is 0 Å². The van der Waals surface area contributed by atoms with Crippen molar-refractivity contribution in [3.05, 3.63) is 46.8 Å². The number of furan rings is 1. The van der Waals surface area contributed by atoms with Crippen LogP contribution in [0.15, 0.2) is 28.2 Å². The van der Waals surface area contributed by atoms with Crippen molar-refractivity contribution in [2.45, 2.75) is 21.3 Å². The highest BCUT2D eigenvalue weighted by atomic mass is 32.1. The summed E-state index contributed by atoms with van der Waals surface area (Å²) < 4.78 is 31.2. The van der Waals surface area contributed by atoms with E-state index in [0.717, 1.165) is 22.4 Å². The quantitative estimate of drug-likeness (QED) is 0.441. The Hall–Kier alpha value is -2.08. The van der Waals surface area contributed by atoms with Gasteiger partial charge in [0.15, 0.2) is 17.2 Å². The molecule has 0 aromatic carbocycles. The Bertz CT molecular complexity index is 796. The minimum atomic E-state index is -0.330. The van der Waals surface area contributed by atoms with E-state index in [0.29, 0.717) is 16.6 Å². The van der Waals surface area contributed by atoms with E-state index in [-0.39, 0.29) is 19.1 Å². The highest BCUT2D eigenvalue weighted by Crippen LogP contribution is 2.24. The molecule has 4 aromatic heterocycles. The number of fused-ring (bicyclic) bond motifs is 2. The molecule has 0 aliphatic rings. The number of halogens is 2. The second kappa shape index (κ2) is 5.73. The first-order chi connectivity index (χ1) is 9.54. The van der Waals surface area contributed by atoms with Crippen LogP contribution < -0.4 is 0 Å². The smallest absolute Gasteiger partial charge is 0.185 e. The molecule has 0 saturated carbocycles. The number of nitrogens with one attached hydrogen (secondary N) is 2. The molecule has 4 rings (SSSR count). The molecule has 0 spiro atoms. The average molecular weight is 310 g/mol. The van der Waals surface area contributed by atoms with Crippen LogP contribution in [-0.4, -0.2) is 9.97 Å². The molecule has 21 heavy (non-hydrogen) atoms. The maximum atomic E-state index is 12.7. The predicted octanol–water partition coefficient (Wildman–Crippen LogP) is 5.52. The van der Waals surface area contributed by atoms with Crippen molar-refractivity contribution in [3.63, 3.8) is 0 Å². The van der Waals surface area contributed by atoms with Crippen molar-refractivity contribution in [2.75, 3.05) is 0 Å². The van der Waals surface area contributed by atoms with Crippen LogP contribution in [-0.2, 0) is 0 Å². The van der Waals surface area contributed by atoms with Gasteiger partial charge in [-0.3, -0.25) is 0 Å². The summed E-state index contributed by atoms with van der Waals surface area (Å²) in [6.45, 7) is 3.78. The summed E-state index contributed by atoms with van der Waals surface area (Å²) in [5.41, 5.74) is 3.60. The zero-order valence-corrected chi connectivity index (χ0v) is 11.7. The lowest BCUT2D eigenvalue weighted by Gasteiger charge is -1.78. The molecule has 0 radical (unpaired) electrons. The Kier molecular flexibility index (Phi) is 4.18. The molecular formula is C15H16F2N2OS. The van der Waals surface area contributed by atoms with Gasteiger partial charge in [0, 0.05) is 22.8 Å². The lowest BCUT2D eigenvalue weighted by Crippen LogP contribution is -1.69. The summed E-state index contributed by atoms with van der Waals surface area (Å²) >= 11 is 1.43. The van der Waals surface area contributed by atoms with Gasteiger partial charge in [-0.15, -0.1) is 11.3 Å². The molecule has 0 aliphatic carbocycles. The van der Waals surface area contributed by atoms with Crippen molar-refractivity contribution >= 4 is 32.7 Å². The van der Waals surface area contributed by atoms with Gasteiger partial charge in [0.25, 0.3) is 0 Å². The molecular weight excluding hydrogens is 294 g/mol. The summed E-state index contributed by atoms with van der Waals surface area (Å²) in [7, 11) is 0. The summed E-state index contributed by atoms with van der Waals surface area (Å²) in [5, 5.41) is 1.51. The SMILES string of the molecule is C.Cc1cc2occ(F)c2[nH]1.Cc1cc2scc(F)c2[nH]1. The summed E-state index contributed by atoms with van der Waals surface area (Å²) in [6.07, 6.45) is 1.10. The zero-order valence-electron chi connectivity index (χ0n) is 10.9. The maximum absolute atomic E-state index is 12.7. The molecule has 0 aliphatic heterocycles. The van der Waals surface area contributed by atoms with Crippen LogP contribution in [0.5, 0.6) is 0 Å². The molecule has 0 fully saturated rings. The number of hydrogen-bond acceptors (Lipinski definition) is 2. The minimum Gasteiger partial charge on any atom is -0.459 e. The van der Waals surface area contributed by atoms with E-state index in [1.54, 1.807) is 6.07 Å². The van der Waals surface area contributed by atoms with Gasteiger partial charge in [-0.25, -0.2) is 8.78 Å². The Labute approximate surface area is 124 Å². The molecule has 0 atom stereocenters. The Balaban J connectivity index is 0.000000147. The van der Waals surface area contributed by atoms with E-state index in [9.17, 15) is 8.78 Å². The van der Waals surface area contributed by atoms with E-state index in [1.165, 1.54) is 16.7 Å². The van der Waals surface area contributed by atoms with Crippen molar-refractivity contribution in [1.82, 2.24) is 9.97 Å². The van der Waals surface area contributed by atoms with Gasteiger partial charge in [0.05, 0.1) is 10.2 Å². The monoisotopic (exact) mass is 310 g/mol. The number of rotatable bonds is 0. The Morgan fingerprint density at radius 1 is 1.00 bits per heavy atom. The highest BCUT2D eigenvalue weighted by molar-refractivity contribution is 7.17. The van der Waals surface area contributed by atoms with Crippen LogP contribution >= 0.6 is 11.3 Å². The molecule has 0 saturated heterocycles. The molecule has 0 bridgehead atoms. The standard InChI is InChI=1S/C7H6FNO.C7H6FNS.CH4/c2*1-4-2-6-7(9-4)5(8)3-10-6;/h2*2-3,9H,1H3;1H4. The van der Waals surface area contributed by atoms with Crippen molar-refractivity contribution < 1.29 is 13.2 Å². The molecule has 4 heterocycles. The summed E-state index contributed by atoms with van der Waals surface area (Å²) in [6, 6.07) is 3.71. The highest BCUT2D eigenvalue weighted by Gasteiger charge is 2.06. The van der Waals surface area contributed by atoms with Crippen LogP contribution in [0.25, 0.3) is 21.3 Å². The Morgan fingerprint density at radius 2 is 1.67 bits per heavy atom. The molecule has 2 N–H and O–H groups in total. The zero-order chi connectivity index (χ0) is 14.3. The van der Waals surface area contributed by atoms with Gasteiger partial charge in [-0.05, 0) is 19.9 Å². The minimum absolute atomic E-state index is 0. The topological polar surface area (TPSA) is 44.7 Å². The van der Waals surface area contributed by atoms with E-state index in [2.05, 4.69) is 9.97 Å². The molecule has 112 valence electrons. The van der Waals surface area contributed by atoms with Gasteiger partial charge in [0.1, 0.15) is 11.8 Å². The van der Waals surface area contributed by atoms with Gasteiger partial charge in [-0.2, -0.15) is 0 Å². The second-order valence-corrected chi connectivity index (χ2v) is 5.46. The van der Waals surface area contributed by atoms with E-state index >= 15 is 0 Å². The second-order valence-electron chi connectivity index (χ2n) is 4.55. The molecule has 0 amide bonds. The Morgan fingerprint density at radius 3 is 2.33 bits per heavy atom. The van der Waals surface area contributed by atoms with Crippen LogP contribution in [0.2, 0.25) is 0 Å². The number of aromatic amines is 2. The predicted molar refractivity (Wildman–Crippen MR) is 82.9 cm³/mol. The third kappa shape index (κ3) is 2.85. The van der Waals surface area contributed by atoms with Crippen LogP contribution in [0, 0.1) is 25.5 Å². The lowest BCUT2D eigenvalue weighted by molar-refractivity contribution is 0.557.